The summed E-state index contributed by atoms with van der Waals surface area (Å²) in [5.74, 6) is 1.50. The first-order valence-electron chi connectivity index (χ1n) is 6.12. The highest BCUT2D eigenvalue weighted by atomic mass is 32.5. The smallest absolute Gasteiger partial charge is 0.380 e. The molecule has 0 fully saturated rings. The van der Waals surface area contributed by atoms with E-state index in [1.54, 1.807) is 0 Å². The lowest BCUT2D eigenvalue weighted by molar-refractivity contribution is 0.273. The standard InChI is InChI=1S/C12H21N2O3PS/c1-6-14(7-2)12-9-11(8-10(3)13-12)17-18(19,15-4)16-5/h8-9H,6-7H2,1-5H3. The summed E-state index contributed by atoms with van der Waals surface area (Å²) in [7, 11) is 2.98. The molecule has 0 bridgehead atoms. The van der Waals surface area contributed by atoms with Gasteiger partial charge < -0.3 is 18.5 Å². The highest BCUT2D eigenvalue weighted by Crippen LogP contribution is 2.48. The van der Waals surface area contributed by atoms with Crippen LogP contribution in [-0.4, -0.2) is 32.3 Å². The molecule has 0 aromatic carbocycles. The Hall–Kier alpha value is -0.680. The van der Waals surface area contributed by atoms with E-state index in [9.17, 15) is 0 Å². The van der Waals surface area contributed by atoms with E-state index in [1.807, 2.05) is 19.1 Å². The van der Waals surface area contributed by atoms with Crippen LogP contribution < -0.4 is 9.42 Å². The molecule has 5 nitrogen and oxygen atoms in total. The summed E-state index contributed by atoms with van der Waals surface area (Å²) in [6.45, 7) is 5.16. The molecule has 7 heteroatoms. The van der Waals surface area contributed by atoms with Gasteiger partial charge in [-0.15, -0.1) is 0 Å². The molecule has 0 aliphatic carbocycles. The molecular weight excluding hydrogens is 283 g/mol. The molecule has 1 aromatic heterocycles. The molecule has 0 saturated carbocycles. The maximum Gasteiger partial charge on any atom is 0.380 e. The van der Waals surface area contributed by atoms with Gasteiger partial charge >= 0.3 is 6.72 Å². The molecule has 0 aliphatic heterocycles. The Morgan fingerprint density at radius 3 is 2.26 bits per heavy atom. The molecule has 108 valence electrons. The molecular formula is C12H21N2O3PS. The molecule has 1 heterocycles. The van der Waals surface area contributed by atoms with Gasteiger partial charge in [-0.2, -0.15) is 0 Å². The van der Waals surface area contributed by atoms with Crippen LogP contribution in [0.4, 0.5) is 5.82 Å². The fraction of sp³-hybridized carbons (Fsp3) is 0.583. The minimum atomic E-state index is -2.70. The molecule has 0 saturated heterocycles. The Kier molecular flexibility index (Phi) is 6.20. The van der Waals surface area contributed by atoms with E-state index < -0.39 is 6.72 Å². The Morgan fingerprint density at radius 1 is 1.21 bits per heavy atom. The molecule has 0 radical (unpaired) electrons. The number of nitrogens with zero attached hydrogens (tertiary/aromatic N) is 2. The summed E-state index contributed by atoms with van der Waals surface area (Å²) >= 11 is 5.21. The number of aryl methyl sites for hydroxylation is 1. The number of pyridine rings is 1. The van der Waals surface area contributed by atoms with Gasteiger partial charge in [0.25, 0.3) is 0 Å². The van der Waals surface area contributed by atoms with Crippen molar-refractivity contribution in [1.29, 1.82) is 0 Å². The second kappa shape index (κ2) is 7.20. The molecule has 19 heavy (non-hydrogen) atoms. The summed E-state index contributed by atoms with van der Waals surface area (Å²) in [5, 5.41) is 0. The molecule has 0 atom stereocenters. The van der Waals surface area contributed by atoms with Gasteiger partial charge in [0.2, 0.25) is 0 Å². The minimum absolute atomic E-state index is 0.626. The van der Waals surface area contributed by atoms with Gasteiger partial charge in [-0.25, -0.2) is 4.98 Å². The third-order valence-corrected chi connectivity index (χ3v) is 5.11. The van der Waals surface area contributed by atoms with E-state index in [0.717, 1.165) is 24.6 Å². The lowest BCUT2D eigenvalue weighted by Gasteiger charge is -2.22. The number of aromatic nitrogens is 1. The van der Waals surface area contributed by atoms with Crippen LogP contribution in [-0.2, 0) is 20.9 Å². The second-order valence-corrected chi connectivity index (χ2v) is 7.03. The number of rotatable bonds is 7. The predicted octanol–water partition coefficient (Wildman–Crippen LogP) is 3.13. The van der Waals surface area contributed by atoms with Gasteiger partial charge in [0.1, 0.15) is 11.6 Å². The van der Waals surface area contributed by atoms with Gasteiger partial charge in [0.05, 0.1) is 0 Å². The zero-order valence-electron chi connectivity index (χ0n) is 12.0. The first-order chi connectivity index (χ1) is 8.97. The normalized spacial score (nSPS) is 11.4. The third-order valence-electron chi connectivity index (χ3n) is 2.67. The minimum Gasteiger partial charge on any atom is -0.424 e. The maximum atomic E-state index is 5.68. The Balaban J connectivity index is 3.06. The van der Waals surface area contributed by atoms with Crippen LogP contribution in [0, 0.1) is 6.92 Å². The Bertz CT molecular complexity index is 458. The van der Waals surface area contributed by atoms with Crippen molar-refractivity contribution in [2.24, 2.45) is 0 Å². The maximum absolute atomic E-state index is 5.68. The quantitative estimate of drug-likeness (QED) is 0.721. The largest absolute Gasteiger partial charge is 0.424 e. The monoisotopic (exact) mass is 304 g/mol. The molecule has 1 aromatic rings. The molecule has 0 spiro atoms. The zero-order chi connectivity index (χ0) is 14.5. The molecule has 1 rings (SSSR count). The van der Waals surface area contributed by atoms with E-state index in [0.29, 0.717) is 5.75 Å². The fourth-order valence-corrected chi connectivity index (χ4v) is 2.58. The van der Waals surface area contributed by atoms with Gasteiger partial charge in [-0.05, 0) is 20.8 Å². The van der Waals surface area contributed by atoms with E-state index in [4.69, 9.17) is 25.4 Å². The topological polar surface area (TPSA) is 43.8 Å². The fourth-order valence-electron chi connectivity index (χ4n) is 1.66. The Labute approximate surface area is 120 Å². The van der Waals surface area contributed by atoms with Crippen LogP contribution in [0.5, 0.6) is 5.75 Å². The van der Waals surface area contributed by atoms with Gasteiger partial charge in [0.15, 0.2) is 0 Å². The van der Waals surface area contributed by atoms with E-state index in [-0.39, 0.29) is 0 Å². The van der Waals surface area contributed by atoms with Crippen LogP contribution in [0.2, 0.25) is 0 Å². The van der Waals surface area contributed by atoms with E-state index in [2.05, 4.69) is 23.7 Å². The number of anilines is 1. The first kappa shape index (κ1) is 16.4. The van der Waals surface area contributed by atoms with Gasteiger partial charge in [0, 0.05) is 56.9 Å². The summed E-state index contributed by atoms with van der Waals surface area (Å²) in [5.41, 5.74) is 0.869. The Morgan fingerprint density at radius 2 is 1.79 bits per heavy atom. The number of hydrogen-bond acceptors (Lipinski definition) is 6. The average molecular weight is 304 g/mol. The van der Waals surface area contributed by atoms with Crippen molar-refractivity contribution in [2.45, 2.75) is 20.8 Å². The third kappa shape index (κ3) is 4.42. The lowest BCUT2D eigenvalue weighted by Crippen LogP contribution is -2.23. The second-order valence-electron chi connectivity index (χ2n) is 3.88. The zero-order valence-corrected chi connectivity index (χ0v) is 13.8. The summed E-state index contributed by atoms with van der Waals surface area (Å²) < 4.78 is 15.9. The van der Waals surface area contributed by atoms with Crippen LogP contribution in [0.25, 0.3) is 0 Å². The van der Waals surface area contributed by atoms with Crippen LogP contribution in [0.1, 0.15) is 19.5 Å². The van der Waals surface area contributed by atoms with Crippen molar-refractivity contribution < 1.29 is 13.6 Å². The van der Waals surface area contributed by atoms with Crippen molar-refractivity contribution in [3.63, 3.8) is 0 Å². The van der Waals surface area contributed by atoms with Gasteiger partial charge in [-0.1, -0.05) is 0 Å². The van der Waals surface area contributed by atoms with Crippen molar-refractivity contribution in [3.8, 4) is 5.75 Å². The van der Waals surface area contributed by atoms with Crippen LogP contribution >= 0.6 is 6.72 Å². The average Bonchev–Trinajstić information content (AvgIpc) is 2.39. The number of hydrogen-bond donors (Lipinski definition) is 0. The van der Waals surface area contributed by atoms with E-state index in [1.165, 1.54) is 14.2 Å². The summed E-state index contributed by atoms with van der Waals surface area (Å²) in [6.07, 6.45) is 0. The molecule has 0 N–H and O–H groups in total. The summed E-state index contributed by atoms with van der Waals surface area (Å²) in [6, 6.07) is 3.69. The lowest BCUT2D eigenvalue weighted by atomic mass is 10.3. The highest BCUT2D eigenvalue weighted by molar-refractivity contribution is 8.07. The SMILES string of the molecule is CCN(CC)c1cc(OP(=S)(OC)OC)cc(C)n1. The predicted molar refractivity (Wildman–Crippen MR) is 81.5 cm³/mol. The first-order valence-corrected chi connectivity index (χ1v) is 8.68. The van der Waals surface area contributed by atoms with Crippen molar-refractivity contribution >= 4 is 24.3 Å². The molecule has 0 unspecified atom stereocenters. The molecule has 0 aliphatic rings. The van der Waals surface area contributed by atoms with Gasteiger partial charge in [-0.3, -0.25) is 0 Å². The molecule has 0 amide bonds. The van der Waals surface area contributed by atoms with Crippen molar-refractivity contribution in [2.75, 3.05) is 32.2 Å². The van der Waals surface area contributed by atoms with Crippen molar-refractivity contribution in [3.05, 3.63) is 17.8 Å². The van der Waals surface area contributed by atoms with Crippen molar-refractivity contribution in [1.82, 2.24) is 4.98 Å². The van der Waals surface area contributed by atoms with Crippen LogP contribution in [0.15, 0.2) is 12.1 Å². The van der Waals surface area contributed by atoms with E-state index >= 15 is 0 Å². The van der Waals surface area contributed by atoms with Crippen LogP contribution in [0.3, 0.4) is 0 Å². The summed E-state index contributed by atoms with van der Waals surface area (Å²) in [4.78, 5) is 6.64. The highest BCUT2D eigenvalue weighted by Gasteiger charge is 2.19.